The number of hydrogen-bond acceptors (Lipinski definition) is 2. The van der Waals surface area contributed by atoms with Crippen molar-refractivity contribution in [2.45, 2.75) is 52.0 Å². The second-order valence-electron chi connectivity index (χ2n) is 4.85. The third-order valence-electron chi connectivity index (χ3n) is 3.48. The van der Waals surface area contributed by atoms with Gasteiger partial charge in [-0.15, -0.1) is 0 Å². The van der Waals surface area contributed by atoms with Crippen molar-refractivity contribution in [1.82, 2.24) is 4.57 Å². The topological polar surface area (TPSA) is 59.3 Å². The maximum Gasteiger partial charge on any atom is 0.303 e. The van der Waals surface area contributed by atoms with E-state index in [4.69, 9.17) is 5.11 Å². The zero-order chi connectivity index (χ0) is 13.1. The van der Waals surface area contributed by atoms with Gasteiger partial charge in [-0.05, 0) is 43.7 Å². The van der Waals surface area contributed by atoms with Crippen LogP contribution in [0.5, 0.6) is 0 Å². The standard InChI is InChI=1S/C14H19NO3/c1-2-8-15-12-5-3-4-10(12)9-11(14(15)18)6-7-13(16)17/h9H,2-8H2,1H3,(H,16,17). The third kappa shape index (κ3) is 2.47. The molecule has 0 radical (unpaired) electrons. The van der Waals surface area contributed by atoms with Gasteiger partial charge in [-0.3, -0.25) is 9.59 Å². The van der Waals surface area contributed by atoms with Crippen LogP contribution in [-0.4, -0.2) is 15.6 Å². The summed E-state index contributed by atoms with van der Waals surface area (Å²) in [5.74, 6) is -0.850. The Labute approximate surface area is 106 Å². The maximum absolute atomic E-state index is 12.3. The number of nitrogens with zero attached hydrogens (tertiary/aromatic N) is 1. The molecule has 0 unspecified atom stereocenters. The zero-order valence-corrected chi connectivity index (χ0v) is 10.7. The minimum atomic E-state index is -0.850. The highest BCUT2D eigenvalue weighted by molar-refractivity contribution is 5.67. The minimum Gasteiger partial charge on any atom is -0.481 e. The maximum atomic E-state index is 12.3. The normalized spacial score (nSPS) is 13.6. The molecule has 0 fully saturated rings. The Kier molecular flexibility index (Phi) is 3.84. The van der Waals surface area contributed by atoms with E-state index in [0.717, 1.165) is 32.2 Å². The van der Waals surface area contributed by atoms with Crippen molar-refractivity contribution in [3.63, 3.8) is 0 Å². The van der Waals surface area contributed by atoms with Gasteiger partial charge in [0.2, 0.25) is 0 Å². The number of carboxylic acids is 1. The van der Waals surface area contributed by atoms with Crippen molar-refractivity contribution in [2.24, 2.45) is 0 Å². The molecule has 0 saturated carbocycles. The monoisotopic (exact) mass is 249 g/mol. The molecule has 1 heterocycles. The number of fused-ring (bicyclic) bond motifs is 1. The van der Waals surface area contributed by atoms with E-state index in [2.05, 4.69) is 6.92 Å². The van der Waals surface area contributed by atoms with Crippen LogP contribution in [-0.2, 0) is 30.6 Å². The molecule has 1 N–H and O–H groups in total. The van der Waals surface area contributed by atoms with Gasteiger partial charge < -0.3 is 9.67 Å². The molecule has 0 saturated heterocycles. The van der Waals surface area contributed by atoms with E-state index in [9.17, 15) is 9.59 Å². The van der Waals surface area contributed by atoms with Crippen molar-refractivity contribution in [2.75, 3.05) is 0 Å². The summed E-state index contributed by atoms with van der Waals surface area (Å²) >= 11 is 0. The molecular weight excluding hydrogens is 230 g/mol. The van der Waals surface area contributed by atoms with Crippen LogP contribution < -0.4 is 5.56 Å². The van der Waals surface area contributed by atoms with E-state index in [-0.39, 0.29) is 12.0 Å². The molecule has 1 aliphatic carbocycles. The van der Waals surface area contributed by atoms with Gasteiger partial charge in [0.05, 0.1) is 0 Å². The minimum absolute atomic E-state index is 0.0127. The average molecular weight is 249 g/mol. The lowest BCUT2D eigenvalue weighted by Crippen LogP contribution is -2.27. The highest BCUT2D eigenvalue weighted by Gasteiger charge is 2.18. The number of carboxylic acid groups (broad SMARTS) is 1. The summed E-state index contributed by atoms with van der Waals surface area (Å²) in [6.07, 6.45) is 4.38. The molecule has 1 aromatic rings. The summed E-state index contributed by atoms with van der Waals surface area (Å²) in [4.78, 5) is 22.9. The average Bonchev–Trinajstić information content (AvgIpc) is 2.78. The molecule has 0 amide bonds. The number of aliphatic carboxylic acids is 1. The Bertz CT molecular complexity index is 517. The second kappa shape index (κ2) is 5.38. The molecule has 0 spiro atoms. The van der Waals surface area contributed by atoms with E-state index >= 15 is 0 Å². The first kappa shape index (κ1) is 12.9. The van der Waals surface area contributed by atoms with Crippen LogP contribution in [0.15, 0.2) is 10.9 Å². The Hall–Kier alpha value is -1.58. The Morgan fingerprint density at radius 3 is 2.89 bits per heavy atom. The predicted molar refractivity (Wildman–Crippen MR) is 69.0 cm³/mol. The van der Waals surface area contributed by atoms with Gasteiger partial charge in [0.15, 0.2) is 0 Å². The van der Waals surface area contributed by atoms with E-state index in [1.807, 2.05) is 10.6 Å². The molecule has 4 nitrogen and oxygen atoms in total. The zero-order valence-electron chi connectivity index (χ0n) is 10.7. The van der Waals surface area contributed by atoms with E-state index in [1.165, 1.54) is 11.3 Å². The van der Waals surface area contributed by atoms with Gasteiger partial charge >= 0.3 is 5.97 Å². The highest BCUT2D eigenvalue weighted by Crippen LogP contribution is 2.21. The molecule has 0 aromatic carbocycles. The number of aromatic nitrogens is 1. The quantitative estimate of drug-likeness (QED) is 0.865. The summed E-state index contributed by atoms with van der Waals surface area (Å²) in [6, 6.07) is 1.93. The fourth-order valence-corrected chi connectivity index (χ4v) is 2.66. The summed E-state index contributed by atoms with van der Waals surface area (Å²) in [5, 5.41) is 8.72. The lowest BCUT2D eigenvalue weighted by atomic mass is 10.1. The van der Waals surface area contributed by atoms with Gasteiger partial charge in [-0.2, -0.15) is 0 Å². The van der Waals surface area contributed by atoms with E-state index < -0.39 is 5.97 Å². The second-order valence-corrected chi connectivity index (χ2v) is 4.85. The number of hydrogen-bond donors (Lipinski definition) is 1. The molecule has 1 aliphatic rings. The summed E-state index contributed by atoms with van der Waals surface area (Å²) in [5.41, 5.74) is 3.08. The number of carbonyl (C=O) groups is 1. The molecule has 0 bridgehead atoms. The SMILES string of the molecule is CCCn1c2c(cc(CCC(=O)O)c1=O)CCC2. The van der Waals surface area contributed by atoms with Crippen molar-refractivity contribution in [1.29, 1.82) is 0 Å². The van der Waals surface area contributed by atoms with E-state index in [0.29, 0.717) is 12.0 Å². The molecule has 0 aliphatic heterocycles. The van der Waals surface area contributed by atoms with Gasteiger partial charge in [0, 0.05) is 24.2 Å². The fourth-order valence-electron chi connectivity index (χ4n) is 2.66. The van der Waals surface area contributed by atoms with Crippen LogP contribution in [0.4, 0.5) is 0 Å². The van der Waals surface area contributed by atoms with Crippen LogP contribution in [0.25, 0.3) is 0 Å². The molecule has 98 valence electrons. The molecule has 4 heteroatoms. The lowest BCUT2D eigenvalue weighted by molar-refractivity contribution is -0.136. The number of pyridine rings is 1. The molecular formula is C14H19NO3. The summed E-state index contributed by atoms with van der Waals surface area (Å²) < 4.78 is 1.86. The molecule has 18 heavy (non-hydrogen) atoms. The van der Waals surface area contributed by atoms with Crippen molar-refractivity contribution < 1.29 is 9.90 Å². The van der Waals surface area contributed by atoms with Crippen LogP contribution in [0.3, 0.4) is 0 Å². The van der Waals surface area contributed by atoms with E-state index in [1.54, 1.807) is 0 Å². The van der Waals surface area contributed by atoms with Crippen LogP contribution in [0.1, 0.15) is 43.0 Å². The molecule has 1 aromatic heterocycles. The first-order valence-corrected chi connectivity index (χ1v) is 6.59. The van der Waals surface area contributed by atoms with Gasteiger partial charge in [0.1, 0.15) is 0 Å². The summed E-state index contributed by atoms with van der Waals surface area (Å²) in [7, 11) is 0. The summed E-state index contributed by atoms with van der Waals surface area (Å²) in [6.45, 7) is 2.79. The van der Waals surface area contributed by atoms with Crippen LogP contribution in [0.2, 0.25) is 0 Å². The van der Waals surface area contributed by atoms with Gasteiger partial charge in [0.25, 0.3) is 5.56 Å². The molecule has 0 atom stereocenters. The van der Waals surface area contributed by atoms with Crippen molar-refractivity contribution in [3.05, 3.63) is 33.2 Å². The Morgan fingerprint density at radius 1 is 1.44 bits per heavy atom. The first-order chi connectivity index (χ1) is 8.63. The Balaban J connectivity index is 2.39. The third-order valence-corrected chi connectivity index (χ3v) is 3.48. The van der Waals surface area contributed by atoms with Crippen LogP contribution in [0, 0.1) is 0 Å². The number of aryl methyl sites for hydroxylation is 2. The molecule has 2 rings (SSSR count). The fraction of sp³-hybridized carbons (Fsp3) is 0.571. The highest BCUT2D eigenvalue weighted by atomic mass is 16.4. The van der Waals surface area contributed by atoms with Crippen molar-refractivity contribution in [3.8, 4) is 0 Å². The van der Waals surface area contributed by atoms with Gasteiger partial charge in [-0.1, -0.05) is 6.92 Å². The largest absolute Gasteiger partial charge is 0.481 e. The van der Waals surface area contributed by atoms with Crippen LogP contribution >= 0.6 is 0 Å². The Morgan fingerprint density at radius 2 is 2.22 bits per heavy atom. The predicted octanol–water partition coefficient (Wildman–Crippen LogP) is 1.76. The number of rotatable bonds is 5. The van der Waals surface area contributed by atoms with Crippen molar-refractivity contribution >= 4 is 5.97 Å². The lowest BCUT2D eigenvalue weighted by Gasteiger charge is -2.13. The van der Waals surface area contributed by atoms with Gasteiger partial charge in [-0.25, -0.2) is 0 Å². The first-order valence-electron chi connectivity index (χ1n) is 6.59. The smallest absolute Gasteiger partial charge is 0.303 e.